The van der Waals surface area contributed by atoms with Gasteiger partial charge in [0.2, 0.25) is 5.91 Å². The van der Waals surface area contributed by atoms with Crippen LogP contribution in [0.25, 0.3) is 0 Å². The van der Waals surface area contributed by atoms with Gasteiger partial charge >= 0.3 is 0 Å². The molecule has 1 saturated heterocycles. The number of amides is 1. The van der Waals surface area contributed by atoms with Gasteiger partial charge in [-0.15, -0.1) is 0 Å². The predicted octanol–water partition coefficient (Wildman–Crippen LogP) is 1.40. The summed E-state index contributed by atoms with van der Waals surface area (Å²) >= 11 is 4.43. The van der Waals surface area contributed by atoms with E-state index in [4.69, 9.17) is 0 Å². The van der Waals surface area contributed by atoms with Gasteiger partial charge in [-0.25, -0.2) is 4.98 Å². The van der Waals surface area contributed by atoms with Crippen LogP contribution in [0.1, 0.15) is 31.1 Å². The molecule has 0 aromatic carbocycles. The minimum absolute atomic E-state index is 0.166. The number of aryl methyl sites for hydroxylation is 1. The normalized spacial score (nSPS) is 26.6. The maximum atomic E-state index is 12.0. The van der Waals surface area contributed by atoms with Crippen molar-refractivity contribution >= 4 is 18.5 Å². The molecule has 1 saturated carbocycles. The first-order valence-electron chi connectivity index (χ1n) is 6.11. The molecular weight excluding hydrogens is 234 g/mol. The van der Waals surface area contributed by atoms with Gasteiger partial charge < -0.3 is 9.47 Å². The third-order valence-electron chi connectivity index (χ3n) is 3.67. The number of nitrogens with zero attached hydrogens (tertiary/aromatic N) is 3. The molecule has 2 unspecified atom stereocenters. The molecule has 1 aromatic heterocycles. The van der Waals surface area contributed by atoms with Crippen LogP contribution in [0, 0.1) is 5.92 Å². The molecule has 4 nitrogen and oxygen atoms in total. The molecule has 2 aliphatic rings. The number of carbonyl (C=O) groups is 1. The summed E-state index contributed by atoms with van der Waals surface area (Å²) in [5, 5.41) is 0.184. The third kappa shape index (κ3) is 1.97. The van der Waals surface area contributed by atoms with Crippen molar-refractivity contribution in [1.82, 2.24) is 14.5 Å². The summed E-state index contributed by atoms with van der Waals surface area (Å²) in [6.07, 6.45) is 6.74. The van der Waals surface area contributed by atoms with Crippen molar-refractivity contribution in [3.8, 4) is 0 Å². The molecule has 92 valence electrons. The van der Waals surface area contributed by atoms with E-state index in [2.05, 4.69) is 17.6 Å². The highest BCUT2D eigenvalue weighted by Gasteiger charge is 2.43. The quantitative estimate of drug-likeness (QED) is 0.825. The van der Waals surface area contributed by atoms with Gasteiger partial charge in [0.15, 0.2) is 0 Å². The molecule has 0 bridgehead atoms. The van der Waals surface area contributed by atoms with Crippen molar-refractivity contribution < 1.29 is 4.79 Å². The predicted molar refractivity (Wildman–Crippen MR) is 67.8 cm³/mol. The Hall–Kier alpha value is -0.970. The van der Waals surface area contributed by atoms with Gasteiger partial charge in [0.25, 0.3) is 0 Å². The fourth-order valence-electron chi connectivity index (χ4n) is 2.66. The summed E-state index contributed by atoms with van der Waals surface area (Å²) in [7, 11) is 2.00. The van der Waals surface area contributed by atoms with Gasteiger partial charge in [-0.05, 0) is 18.8 Å². The molecule has 1 amide bonds. The molecule has 1 aliphatic carbocycles. The van der Waals surface area contributed by atoms with E-state index in [0.29, 0.717) is 12.3 Å². The minimum Gasteiger partial charge on any atom is -0.336 e. The van der Waals surface area contributed by atoms with Gasteiger partial charge in [-0.1, -0.05) is 0 Å². The number of rotatable bonds is 3. The summed E-state index contributed by atoms with van der Waals surface area (Å²) in [5.41, 5.74) is 0. The van der Waals surface area contributed by atoms with Crippen LogP contribution in [0.3, 0.4) is 0 Å². The Labute approximate surface area is 106 Å². The van der Waals surface area contributed by atoms with Crippen LogP contribution < -0.4 is 0 Å². The number of likely N-dealkylation sites (tertiary alicyclic amines) is 1. The first-order chi connectivity index (χ1) is 8.16. The number of imidazole rings is 1. The Morgan fingerprint density at radius 1 is 1.53 bits per heavy atom. The van der Waals surface area contributed by atoms with E-state index in [0.717, 1.165) is 12.4 Å². The average molecular weight is 251 g/mol. The Bertz CT molecular complexity index is 441. The summed E-state index contributed by atoms with van der Waals surface area (Å²) in [5.74, 6) is 1.84. The van der Waals surface area contributed by atoms with Crippen LogP contribution in [-0.4, -0.2) is 32.2 Å². The Balaban J connectivity index is 1.91. The summed E-state index contributed by atoms with van der Waals surface area (Å²) in [4.78, 5) is 18.4. The molecule has 0 radical (unpaired) electrons. The molecule has 0 spiro atoms. The van der Waals surface area contributed by atoms with E-state index >= 15 is 0 Å². The lowest BCUT2D eigenvalue weighted by Gasteiger charge is -2.27. The largest absolute Gasteiger partial charge is 0.336 e. The zero-order valence-corrected chi connectivity index (χ0v) is 10.8. The van der Waals surface area contributed by atoms with Crippen molar-refractivity contribution in [2.45, 2.75) is 30.6 Å². The monoisotopic (exact) mass is 251 g/mol. The number of hydrogen-bond donors (Lipinski definition) is 1. The lowest BCUT2D eigenvalue weighted by molar-refractivity contribution is -0.130. The highest BCUT2D eigenvalue weighted by molar-refractivity contribution is 7.81. The van der Waals surface area contributed by atoms with Crippen LogP contribution in [-0.2, 0) is 11.8 Å². The van der Waals surface area contributed by atoms with Crippen LogP contribution in [0.2, 0.25) is 0 Å². The SMILES string of the molecule is Cn1ccnc1C(C1CC1)N1CC(S)CC1=O. The molecular formula is C12H17N3OS. The Morgan fingerprint density at radius 2 is 2.29 bits per heavy atom. The van der Waals surface area contributed by atoms with E-state index in [1.54, 1.807) is 0 Å². The van der Waals surface area contributed by atoms with Crippen molar-refractivity contribution in [3.05, 3.63) is 18.2 Å². The summed E-state index contributed by atoms with van der Waals surface area (Å²) in [6.45, 7) is 0.760. The molecule has 2 atom stereocenters. The topological polar surface area (TPSA) is 38.1 Å². The number of aromatic nitrogens is 2. The van der Waals surface area contributed by atoms with E-state index < -0.39 is 0 Å². The fraction of sp³-hybridized carbons (Fsp3) is 0.667. The highest BCUT2D eigenvalue weighted by atomic mass is 32.1. The number of thiol groups is 1. The van der Waals surface area contributed by atoms with Gasteiger partial charge in [-0.2, -0.15) is 12.6 Å². The molecule has 0 N–H and O–H groups in total. The second kappa shape index (κ2) is 4.05. The average Bonchev–Trinajstić information content (AvgIpc) is 2.93. The highest BCUT2D eigenvalue weighted by Crippen LogP contribution is 2.45. The third-order valence-corrected chi connectivity index (χ3v) is 4.01. The van der Waals surface area contributed by atoms with Gasteiger partial charge in [0.1, 0.15) is 5.82 Å². The van der Waals surface area contributed by atoms with E-state index in [9.17, 15) is 4.79 Å². The summed E-state index contributed by atoms with van der Waals surface area (Å²) in [6, 6.07) is 0.166. The molecule has 17 heavy (non-hydrogen) atoms. The summed E-state index contributed by atoms with van der Waals surface area (Å²) < 4.78 is 2.03. The number of carbonyl (C=O) groups excluding carboxylic acids is 1. The first-order valence-corrected chi connectivity index (χ1v) is 6.63. The molecule has 1 aromatic rings. The van der Waals surface area contributed by atoms with E-state index in [1.807, 2.05) is 28.9 Å². The maximum Gasteiger partial charge on any atom is 0.224 e. The fourth-order valence-corrected chi connectivity index (χ4v) is 2.99. The van der Waals surface area contributed by atoms with E-state index in [1.165, 1.54) is 12.8 Å². The van der Waals surface area contributed by atoms with Crippen LogP contribution >= 0.6 is 12.6 Å². The van der Waals surface area contributed by atoms with Gasteiger partial charge in [0, 0.05) is 37.7 Å². The lowest BCUT2D eigenvalue weighted by atomic mass is 10.1. The van der Waals surface area contributed by atoms with Crippen LogP contribution in [0.5, 0.6) is 0 Å². The second-order valence-electron chi connectivity index (χ2n) is 5.08. The second-order valence-corrected chi connectivity index (χ2v) is 5.81. The molecule has 3 rings (SSSR count). The van der Waals surface area contributed by atoms with E-state index in [-0.39, 0.29) is 17.2 Å². The lowest BCUT2D eigenvalue weighted by Crippen LogP contribution is -2.33. The smallest absolute Gasteiger partial charge is 0.224 e. The van der Waals surface area contributed by atoms with Crippen LogP contribution in [0.4, 0.5) is 0 Å². The van der Waals surface area contributed by atoms with Crippen molar-refractivity contribution in [2.24, 2.45) is 13.0 Å². The maximum absolute atomic E-state index is 12.0. The first kappa shape index (κ1) is 11.1. The molecule has 1 aliphatic heterocycles. The van der Waals surface area contributed by atoms with Crippen molar-refractivity contribution in [1.29, 1.82) is 0 Å². The Kier molecular flexibility index (Phi) is 2.65. The van der Waals surface area contributed by atoms with Gasteiger partial charge in [0.05, 0.1) is 6.04 Å². The zero-order chi connectivity index (χ0) is 12.0. The van der Waals surface area contributed by atoms with Crippen molar-refractivity contribution in [3.63, 3.8) is 0 Å². The minimum atomic E-state index is 0.166. The zero-order valence-electron chi connectivity index (χ0n) is 9.91. The van der Waals surface area contributed by atoms with Crippen molar-refractivity contribution in [2.75, 3.05) is 6.54 Å². The van der Waals surface area contributed by atoms with Crippen LogP contribution in [0.15, 0.2) is 12.4 Å². The number of hydrogen-bond acceptors (Lipinski definition) is 3. The molecule has 2 fully saturated rings. The Morgan fingerprint density at radius 3 is 2.76 bits per heavy atom. The van der Waals surface area contributed by atoms with Gasteiger partial charge in [-0.3, -0.25) is 4.79 Å². The standard InChI is InChI=1S/C12H17N3OS/c1-14-5-4-13-12(14)11(8-2-3-8)15-7-9(17)6-10(15)16/h4-5,8-9,11,17H,2-3,6-7H2,1H3. The molecule has 5 heteroatoms. The molecule has 2 heterocycles.